The predicted molar refractivity (Wildman–Crippen MR) is 120 cm³/mol. The van der Waals surface area contributed by atoms with Gasteiger partial charge in [0.2, 0.25) is 11.8 Å². The Labute approximate surface area is 184 Å². The first-order valence-electron chi connectivity index (χ1n) is 10.2. The minimum absolute atomic E-state index is 0.0940. The van der Waals surface area contributed by atoms with Crippen LogP contribution in [0, 0.1) is 20.8 Å². The fourth-order valence-corrected chi connectivity index (χ4v) is 3.56. The summed E-state index contributed by atoms with van der Waals surface area (Å²) in [5, 5.41) is 22.9. The molecule has 0 unspecified atom stereocenters. The highest BCUT2D eigenvalue weighted by Gasteiger charge is 2.16. The van der Waals surface area contributed by atoms with Crippen molar-refractivity contribution in [2.75, 3.05) is 10.6 Å². The highest BCUT2D eigenvalue weighted by Crippen LogP contribution is 2.20. The second-order valence-electron chi connectivity index (χ2n) is 7.58. The van der Waals surface area contributed by atoms with Crippen LogP contribution in [0.3, 0.4) is 0 Å². The van der Waals surface area contributed by atoms with Gasteiger partial charge in [0.05, 0.1) is 5.69 Å². The molecule has 2 amide bonds. The van der Waals surface area contributed by atoms with Crippen molar-refractivity contribution in [2.24, 2.45) is 0 Å². The van der Waals surface area contributed by atoms with Crippen molar-refractivity contribution in [3.63, 3.8) is 0 Å². The molecule has 32 heavy (non-hydrogen) atoms. The zero-order chi connectivity index (χ0) is 22.8. The number of benzene rings is 1. The van der Waals surface area contributed by atoms with Crippen molar-refractivity contribution in [3.05, 3.63) is 59.2 Å². The van der Waals surface area contributed by atoms with Gasteiger partial charge in [-0.2, -0.15) is 9.61 Å². The average Bonchev–Trinajstić information content (AvgIpc) is 3.26. The molecule has 0 atom stereocenters. The first kappa shape index (κ1) is 21.2. The lowest BCUT2D eigenvalue weighted by Gasteiger charge is -2.08. The highest BCUT2D eigenvalue weighted by molar-refractivity contribution is 5.92. The van der Waals surface area contributed by atoms with Crippen molar-refractivity contribution in [1.29, 1.82) is 0 Å². The zero-order valence-electron chi connectivity index (χ0n) is 18.4. The van der Waals surface area contributed by atoms with Crippen LogP contribution in [0.4, 0.5) is 11.4 Å². The van der Waals surface area contributed by atoms with Crippen LogP contribution in [-0.4, -0.2) is 41.4 Å². The van der Waals surface area contributed by atoms with E-state index >= 15 is 0 Å². The highest BCUT2D eigenvalue weighted by atomic mass is 16.2. The quantitative estimate of drug-likeness (QED) is 0.484. The van der Waals surface area contributed by atoms with Gasteiger partial charge in [-0.15, -0.1) is 15.3 Å². The summed E-state index contributed by atoms with van der Waals surface area (Å²) in [6, 6.07) is 10.7. The Morgan fingerprint density at radius 3 is 2.28 bits per heavy atom. The second kappa shape index (κ2) is 8.58. The lowest BCUT2D eigenvalue weighted by Crippen LogP contribution is -2.13. The summed E-state index contributed by atoms with van der Waals surface area (Å²) in [6.07, 6.45) is 0.874. The summed E-state index contributed by atoms with van der Waals surface area (Å²) in [7, 11) is 0. The van der Waals surface area contributed by atoms with Crippen molar-refractivity contribution < 1.29 is 9.59 Å². The van der Waals surface area contributed by atoms with Crippen LogP contribution in [0.5, 0.6) is 0 Å². The van der Waals surface area contributed by atoms with Gasteiger partial charge in [-0.3, -0.25) is 9.59 Å². The van der Waals surface area contributed by atoms with Crippen molar-refractivity contribution >= 4 is 28.8 Å². The lowest BCUT2D eigenvalue weighted by atomic mass is 10.1. The average molecular weight is 432 g/mol. The number of nitrogens with one attached hydrogen (secondary N) is 2. The van der Waals surface area contributed by atoms with Gasteiger partial charge in [-0.1, -0.05) is 0 Å². The molecule has 2 N–H and O–H groups in total. The molecule has 0 radical (unpaired) electrons. The molecule has 3 aromatic heterocycles. The van der Waals surface area contributed by atoms with E-state index in [-0.39, 0.29) is 11.8 Å². The fourth-order valence-electron chi connectivity index (χ4n) is 3.56. The molecule has 3 heterocycles. The molecule has 0 bridgehead atoms. The lowest BCUT2D eigenvalue weighted by molar-refractivity contribution is -0.116. The molecule has 0 saturated heterocycles. The third-order valence-electron chi connectivity index (χ3n) is 5.15. The molecular formula is C22H24N8O2. The summed E-state index contributed by atoms with van der Waals surface area (Å²) in [5.41, 5.74) is 4.85. The van der Waals surface area contributed by atoms with Crippen LogP contribution < -0.4 is 10.6 Å². The summed E-state index contributed by atoms with van der Waals surface area (Å²) in [5.74, 6) is 1.13. The SMILES string of the molecule is CC(=O)Nc1ccc(NC(=O)CCc2c(C)nn(-c3ccc4nnc(C)n4n3)c2C)cc1. The molecule has 4 aromatic rings. The summed E-state index contributed by atoms with van der Waals surface area (Å²) in [4.78, 5) is 23.6. The van der Waals surface area contributed by atoms with Crippen LogP contribution in [0.1, 0.15) is 36.1 Å². The molecular weight excluding hydrogens is 408 g/mol. The van der Waals surface area contributed by atoms with Gasteiger partial charge >= 0.3 is 0 Å². The molecule has 0 aliphatic carbocycles. The monoisotopic (exact) mass is 432 g/mol. The van der Waals surface area contributed by atoms with Gasteiger partial charge in [-0.05, 0) is 69.2 Å². The number of aromatic nitrogens is 6. The number of nitrogens with zero attached hydrogens (tertiary/aromatic N) is 6. The van der Waals surface area contributed by atoms with E-state index in [4.69, 9.17) is 0 Å². The predicted octanol–water partition coefficient (Wildman–Crippen LogP) is 2.76. The Balaban J connectivity index is 1.44. The smallest absolute Gasteiger partial charge is 0.224 e. The molecule has 164 valence electrons. The normalized spacial score (nSPS) is 11.0. The van der Waals surface area contributed by atoms with Gasteiger partial charge < -0.3 is 10.6 Å². The van der Waals surface area contributed by atoms with Crippen LogP contribution in [-0.2, 0) is 16.0 Å². The molecule has 0 saturated carbocycles. The standard InChI is InChI=1S/C22H24N8O2/c1-13-19(9-12-22(32)24-18-7-5-17(6-8-18)23-16(4)31)14(2)29(27-13)21-11-10-20-26-25-15(3)30(20)28-21/h5-8,10-11H,9,12H2,1-4H3,(H,23,31)(H,24,32). The van der Waals surface area contributed by atoms with E-state index in [0.717, 1.165) is 17.0 Å². The van der Waals surface area contributed by atoms with Crippen LogP contribution in [0.15, 0.2) is 36.4 Å². The Kier molecular flexibility index (Phi) is 5.67. The van der Waals surface area contributed by atoms with Crippen molar-refractivity contribution in [3.8, 4) is 5.82 Å². The molecule has 4 rings (SSSR count). The Bertz CT molecular complexity index is 1300. The Morgan fingerprint density at radius 2 is 1.59 bits per heavy atom. The number of carbonyl (C=O) groups is 2. The van der Waals surface area contributed by atoms with E-state index in [1.807, 2.05) is 32.9 Å². The number of rotatable bonds is 6. The molecule has 0 aliphatic rings. The second-order valence-corrected chi connectivity index (χ2v) is 7.58. The molecule has 0 aliphatic heterocycles. The molecule has 0 spiro atoms. The third kappa shape index (κ3) is 4.34. The number of hydrogen-bond donors (Lipinski definition) is 2. The maximum absolute atomic E-state index is 12.5. The van der Waals surface area contributed by atoms with Crippen LogP contribution in [0.2, 0.25) is 0 Å². The van der Waals surface area contributed by atoms with Gasteiger partial charge in [0, 0.05) is 30.4 Å². The first-order valence-corrected chi connectivity index (χ1v) is 10.2. The van der Waals surface area contributed by atoms with Gasteiger partial charge in [0.15, 0.2) is 17.3 Å². The maximum atomic E-state index is 12.5. The van der Waals surface area contributed by atoms with E-state index in [0.29, 0.717) is 41.5 Å². The number of anilines is 2. The summed E-state index contributed by atoms with van der Waals surface area (Å²) < 4.78 is 3.46. The molecule has 10 heteroatoms. The number of carbonyl (C=O) groups excluding carboxylic acids is 2. The number of amides is 2. The molecule has 0 fully saturated rings. The van der Waals surface area contributed by atoms with E-state index in [1.165, 1.54) is 6.92 Å². The fraction of sp³-hybridized carbons (Fsp3) is 0.273. The van der Waals surface area contributed by atoms with E-state index < -0.39 is 0 Å². The molecule has 10 nitrogen and oxygen atoms in total. The zero-order valence-corrected chi connectivity index (χ0v) is 18.4. The van der Waals surface area contributed by atoms with Crippen LogP contribution >= 0.6 is 0 Å². The van der Waals surface area contributed by atoms with Crippen molar-refractivity contribution in [2.45, 2.75) is 40.5 Å². The minimum Gasteiger partial charge on any atom is -0.326 e. The van der Waals surface area contributed by atoms with E-state index in [1.54, 1.807) is 33.5 Å². The third-order valence-corrected chi connectivity index (χ3v) is 5.15. The van der Waals surface area contributed by atoms with Crippen molar-refractivity contribution in [1.82, 2.24) is 29.6 Å². The number of hydrogen-bond acceptors (Lipinski definition) is 6. The van der Waals surface area contributed by atoms with Gasteiger partial charge in [0.25, 0.3) is 0 Å². The van der Waals surface area contributed by atoms with Gasteiger partial charge in [0.1, 0.15) is 0 Å². The first-order chi connectivity index (χ1) is 15.3. The number of fused-ring (bicyclic) bond motifs is 1. The Morgan fingerprint density at radius 1 is 0.906 bits per heavy atom. The van der Waals surface area contributed by atoms with Gasteiger partial charge in [-0.25, -0.2) is 4.68 Å². The summed E-state index contributed by atoms with van der Waals surface area (Å²) >= 11 is 0. The van der Waals surface area contributed by atoms with E-state index in [9.17, 15) is 9.59 Å². The maximum Gasteiger partial charge on any atom is 0.224 e. The van der Waals surface area contributed by atoms with Crippen LogP contribution in [0.25, 0.3) is 11.5 Å². The Hall–Kier alpha value is -4.08. The largest absolute Gasteiger partial charge is 0.326 e. The number of aryl methyl sites for hydroxylation is 2. The summed E-state index contributed by atoms with van der Waals surface area (Å²) in [6.45, 7) is 7.19. The molecule has 1 aromatic carbocycles. The minimum atomic E-state index is -0.139. The topological polar surface area (TPSA) is 119 Å². The van der Waals surface area contributed by atoms with E-state index in [2.05, 4.69) is 31.0 Å².